The summed E-state index contributed by atoms with van der Waals surface area (Å²) in [7, 11) is -3.60. The molecule has 0 spiro atoms. The summed E-state index contributed by atoms with van der Waals surface area (Å²) >= 11 is 0. The standard InChI is InChI=1S/C27H41N3O4S/c1-18(2)24(25(31)23(29)14-9-15-28)30-26(32)21(17-35(33,34)27(3,4)5)16-20-12-8-11-19-10-6-7-13-22(19)20/h6-8,10-13,18,21,23-24H,9,14-17,28-29H2,1-5H3,(H,30,32)/t21-,23?,24+/m1/s1. The SMILES string of the molecule is CC(C)[C@H](NC(=O)[C@H](Cc1cccc2ccccc12)CS(=O)(=O)C(C)(C)C)C(=O)C(N)CCCN. The van der Waals surface area contributed by atoms with E-state index in [2.05, 4.69) is 5.32 Å². The van der Waals surface area contributed by atoms with Gasteiger partial charge in [0.2, 0.25) is 5.91 Å². The van der Waals surface area contributed by atoms with Crippen molar-refractivity contribution < 1.29 is 18.0 Å². The minimum Gasteiger partial charge on any atom is -0.346 e. The Labute approximate surface area is 209 Å². The first-order chi connectivity index (χ1) is 16.3. The third-order valence-electron chi connectivity index (χ3n) is 6.43. The van der Waals surface area contributed by atoms with Crippen molar-refractivity contribution >= 4 is 32.3 Å². The molecule has 0 aliphatic carbocycles. The van der Waals surface area contributed by atoms with Crippen LogP contribution in [0.3, 0.4) is 0 Å². The van der Waals surface area contributed by atoms with Crippen molar-refractivity contribution in [1.82, 2.24) is 5.32 Å². The van der Waals surface area contributed by atoms with Crippen LogP contribution >= 0.6 is 0 Å². The van der Waals surface area contributed by atoms with Gasteiger partial charge in [-0.1, -0.05) is 56.3 Å². The molecule has 5 N–H and O–H groups in total. The van der Waals surface area contributed by atoms with Gasteiger partial charge in [-0.25, -0.2) is 8.42 Å². The first kappa shape index (κ1) is 28.9. The summed E-state index contributed by atoms with van der Waals surface area (Å²) in [5.74, 6) is -2.09. The highest BCUT2D eigenvalue weighted by Gasteiger charge is 2.36. The quantitative estimate of drug-likeness (QED) is 0.408. The van der Waals surface area contributed by atoms with Gasteiger partial charge < -0.3 is 16.8 Å². The largest absolute Gasteiger partial charge is 0.346 e. The second-order valence-corrected chi connectivity index (χ2v) is 13.4. The van der Waals surface area contributed by atoms with Crippen LogP contribution in [-0.2, 0) is 25.8 Å². The number of fused-ring (bicyclic) bond motifs is 1. The highest BCUT2D eigenvalue weighted by atomic mass is 32.2. The lowest BCUT2D eigenvalue weighted by atomic mass is 9.91. The number of carbonyl (C=O) groups excluding carboxylic acids is 2. The molecule has 0 aliphatic rings. The third kappa shape index (κ3) is 7.59. The Balaban J connectivity index is 2.39. The molecule has 0 saturated heterocycles. The van der Waals surface area contributed by atoms with Crippen LogP contribution in [0.5, 0.6) is 0 Å². The maximum atomic E-state index is 13.6. The molecule has 8 heteroatoms. The van der Waals surface area contributed by atoms with Gasteiger partial charge in [-0.15, -0.1) is 0 Å². The Hall–Kier alpha value is -2.29. The zero-order chi connectivity index (χ0) is 26.4. The molecular weight excluding hydrogens is 462 g/mol. The van der Waals surface area contributed by atoms with Gasteiger partial charge in [-0.3, -0.25) is 9.59 Å². The van der Waals surface area contributed by atoms with Crippen LogP contribution < -0.4 is 16.8 Å². The van der Waals surface area contributed by atoms with Crippen LogP contribution in [0.4, 0.5) is 0 Å². The fourth-order valence-corrected chi connectivity index (χ4v) is 5.33. The molecule has 2 aromatic rings. The van der Waals surface area contributed by atoms with Crippen LogP contribution in [-0.4, -0.2) is 49.2 Å². The molecule has 2 aromatic carbocycles. The van der Waals surface area contributed by atoms with Gasteiger partial charge >= 0.3 is 0 Å². The van der Waals surface area contributed by atoms with Crippen LogP contribution in [0.25, 0.3) is 10.8 Å². The lowest BCUT2D eigenvalue weighted by Crippen LogP contribution is -2.53. The van der Waals surface area contributed by atoms with Gasteiger partial charge in [-0.2, -0.15) is 0 Å². The van der Waals surface area contributed by atoms with Gasteiger partial charge in [0.15, 0.2) is 15.6 Å². The molecular formula is C27H41N3O4S. The van der Waals surface area contributed by atoms with Gasteiger partial charge in [0, 0.05) is 0 Å². The van der Waals surface area contributed by atoms with E-state index in [0.717, 1.165) is 16.3 Å². The van der Waals surface area contributed by atoms with Crippen LogP contribution in [0, 0.1) is 11.8 Å². The molecule has 0 saturated carbocycles. The van der Waals surface area contributed by atoms with Crippen molar-refractivity contribution in [3.8, 4) is 0 Å². The van der Waals surface area contributed by atoms with E-state index in [1.165, 1.54) is 0 Å². The van der Waals surface area contributed by atoms with Gasteiger partial charge in [-0.05, 0) is 68.8 Å². The van der Waals surface area contributed by atoms with E-state index < -0.39 is 38.5 Å². The highest BCUT2D eigenvalue weighted by Crippen LogP contribution is 2.25. The number of ketones is 1. The summed E-state index contributed by atoms with van der Waals surface area (Å²) in [5.41, 5.74) is 12.5. The fraction of sp³-hybridized carbons (Fsp3) is 0.556. The van der Waals surface area contributed by atoms with Crippen molar-refractivity contribution in [3.63, 3.8) is 0 Å². The number of Topliss-reactive ketones (excluding diaryl/α,β-unsaturated/α-hetero) is 1. The van der Waals surface area contributed by atoms with Gasteiger partial charge in [0.25, 0.3) is 0 Å². The Bertz CT molecular complexity index is 1120. The maximum absolute atomic E-state index is 13.6. The number of hydrogen-bond acceptors (Lipinski definition) is 6. The topological polar surface area (TPSA) is 132 Å². The Morgan fingerprint density at radius 1 is 1.03 bits per heavy atom. The summed E-state index contributed by atoms with van der Waals surface area (Å²) in [6.07, 6.45) is 1.28. The maximum Gasteiger partial charge on any atom is 0.225 e. The van der Waals surface area contributed by atoms with E-state index in [-0.39, 0.29) is 23.9 Å². The predicted molar refractivity (Wildman–Crippen MR) is 143 cm³/mol. The molecule has 1 amide bonds. The van der Waals surface area contributed by atoms with E-state index in [1.807, 2.05) is 56.3 Å². The molecule has 2 rings (SSSR count). The third-order valence-corrected chi connectivity index (χ3v) is 9.13. The molecule has 194 valence electrons. The summed E-state index contributed by atoms with van der Waals surface area (Å²) < 4.78 is 25.2. The number of nitrogens with two attached hydrogens (primary N) is 2. The molecule has 0 aliphatic heterocycles. The van der Waals surface area contributed by atoms with Crippen LogP contribution in [0.15, 0.2) is 42.5 Å². The predicted octanol–water partition coefficient (Wildman–Crippen LogP) is 2.99. The lowest BCUT2D eigenvalue weighted by Gasteiger charge is -2.28. The molecule has 3 atom stereocenters. The number of amides is 1. The first-order valence-corrected chi connectivity index (χ1v) is 13.9. The lowest BCUT2D eigenvalue weighted by molar-refractivity contribution is -0.131. The molecule has 0 bridgehead atoms. The van der Waals surface area contributed by atoms with E-state index in [1.54, 1.807) is 20.8 Å². The summed E-state index contributed by atoms with van der Waals surface area (Å²) in [6.45, 7) is 9.00. The molecule has 0 fully saturated rings. The normalized spacial score (nSPS) is 15.1. The van der Waals surface area contributed by atoms with Crippen molar-refractivity contribution in [2.24, 2.45) is 23.3 Å². The molecule has 0 radical (unpaired) electrons. The summed E-state index contributed by atoms with van der Waals surface area (Å²) in [4.78, 5) is 26.6. The monoisotopic (exact) mass is 503 g/mol. The van der Waals surface area contributed by atoms with Crippen molar-refractivity contribution in [2.75, 3.05) is 12.3 Å². The molecule has 0 heterocycles. The minimum atomic E-state index is -3.60. The second kappa shape index (κ2) is 12.1. The number of hydrogen-bond donors (Lipinski definition) is 3. The van der Waals surface area contributed by atoms with Crippen molar-refractivity contribution in [1.29, 1.82) is 0 Å². The van der Waals surface area contributed by atoms with Crippen molar-refractivity contribution in [2.45, 2.75) is 70.7 Å². The molecule has 1 unspecified atom stereocenters. The number of sulfone groups is 1. The molecule has 35 heavy (non-hydrogen) atoms. The minimum absolute atomic E-state index is 0.201. The number of carbonyl (C=O) groups is 2. The Morgan fingerprint density at radius 3 is 2.26 bits per heavy atom. The molecule has 0 aromatic heterocycles. The van der Waals surface area contributed by atoms with Gasteiger partial charge in [0.1, 0.15) is 0 Å². The highest BCUT2D eigenvalue weighted by molar-refractivity contribution is 7.92. The average Bonchev–Trinajstić information content (AvgIpc) is 2.79. The smallest absolute Gasteiger partial charge is 0.225 e. The number of benzene rings is 2. The molecule has 7 nitrogen and oxygen atoms in total. The van der Waals surface area contributed by atoms with Crippen LogP contribution in [0.2, 0.25) is 0 Å². The average molecular weight is 504 g/mol. The Morgan fingerprint density at radius 2 is 1.66 bits per heavy atom. The summed E-state index contributed by atoms with van der Waals surface area (Å²) in [6, 6.07) is 12.1. The van der Waals surface area contributed by atoms with Crippen LogP contribution in [0.1, 0.15) is 53.0 Å². The zero-order valence-electron chi connectivity index (χ0n) is 21.6. The fourth-order valence-electron chi connectivity index (χ4n) is 4.03. The van der Waals surface area contributed by atoms with Crippen molar-refractivity contribution in [3.05, 3.63) is 48.0 Å². The van der Waals surface area contributed by atoms with Gasteiger partial charge in [0.05, 0.1) is 28.5 Å². The second-order valence-electron chi connectivity index (χ2n) is 10.6. The summed E-state index contributed by atoms with van der Waals surface area (Å²) in [5, 5.41) is 4.84. The van der Waals surface area contributed by atoms with E-state index >= 15 is 0 Å². The number of rotatable bonds is 12. The van der Waals surface area contributed by atoms with E-state index in [9.17, 15) is 18.0 Å². The Kier molecular flexibility index (Phi) is 10.0. The zero-order valence-corrected chi connectivity index (χ0v) is 22.4. The number of nitrogens with one attached hydrogen (secondary N) is 1. The van der Waals surface area contributed by atoms with E-state index in [4.69, 9.17) is 11.5 Å². The van der Waals surface area contributed by atoms with E-state index in [0.29, 0.717) is 19.4 Å². The first-order valence-electron chi connectivity index (χ1n) is 12.3.